The zero-order valence-electron chi connectivity index (χ0n) is 17.7. The molecule has 3 aromatic carbocycles. The van der Waals surface area contributed by atoms with Crippen LogP contribution in [-0.2, 0) is 11.4 Å². The summed E-state index contributed by atoms with van der Waals surface area (Å²) >= 11 is 6.83. The summed E-state index contributed by atoms with van der Waals surface area (Å²) in [5, 5.41) is 31.8. The quantitative estimate of drug-likeness (QED) is 0.141. The minimum atomic E-state index is -1.14. The molecular weight excluding hydrogens is 586 g/mol. The molecule has 176 valence electrons. The predicted molar refractivity (Wildman–Crippen MR) is 135 cm³/mol. The second-order valence-corrected chi connectivity index (χ2v) is 8.74. The molecule has 0 unspecified atom stereocenters. The first-order chi connectivity index (χ1) is 16.7. The van der Waals surface area contributed by atoms with E-state index in [1.807, 2.05) is 6.07 Å². The Kier molecular flexibility index (Phi) is 8.35. The number of rotatable bonds is 8. The van der Waals surface area contributed by atoms with Crippen molar-refractivity contribution in [2.45, 2.75) is 6.61 Å². The van der Waals surface area contributed by atoms with Crippen molar-refractivity contribution >= 4 is 61.2 Å². The number of carboxylic acid groups (broad SMARTS) is 1. The highest BCUT2D eigenvalue weighted by atomic mass is 79.9. The number of nitriles is 1. The minimum absolute atomic E-state index is 0.00228. The third-order valence-corrected chi connectivity index (χ3v) is 5.77. The number of carbonyl (C=O) groups excluding carboxylic acids is 1. The normalized spacial score (nSPS) is 10.8. The summed E-state index contributed by atoms with van der Waals surface area (Å²) in [6.07, 6.45) is 1.38. The van der Waals surface area contributed by atoms with Crippen LogP contribution in [0.5, 0.6) is 5.75 Å². The van der Waals surface area contributed by atoms with Gasteiger partial charge in [-0.2, -0.15) is 5.26 Å². The lowest BCUT2D eigenvalue weighted by Gasteiger charge is -2.12. The molecule has 0 spiro atoms. The highest BCUT2D eigenvalue weighted by Gasteiger charge is 2.14. The second kappa shape index (κ2) is 11.4. The molecule has 3 aromatic rings. The Morgan fingerprint density at radius 2 is 1.77 bits per heavy atom. The number of carbonyl (C=O) groups is 2. The van der Waals surface area contributed by atoms with E-state index in [1.165, 1.54) is 42.5 Å². The summed E-state index contributed by atoms with van der Waals surface area (Å²) < 4.78 is 6.92. The highest BCUT2D eigenvalue weighted by Crippen LogP contribution is 2.36. The molecule has 0 fully saturated rings. The van der Waals surface area contributed by atoms with E-state index in [-0.39, 0.29) is 29.1 Å². The molecule has 0 aliphatic rings. The predicted octanol–water partition coefficient (Wildman–Crippen LogP) is 5.94. The number of carboxylic acids is 1. The fourth-order valence-electron chi connectivity index (χ4n) is 2.91. The van der Waals surface area contributed by atoms with Crippen molar-refractivity contribution in [3.05, 3.63) is 102 Å². The van der Waals surface area contributed by atoms with Crippen LogP contribution in [0.1, 0.15) is 21.5 Å². The van der Waals surface area contributed by atoms with Crippen molar-refractivity contribution in [1.82, 2.24) is 0 Å². The van der Waals surface area contributed by atoms with Gasteiger partial charge >= 0.3 is 5.97 Å². The number of non-ortho nitro benzene ring substituents is 1. The highest BCUT2D eigenvalue weighted by molar-refractivity contribution is 9.11. The van der Waals surface area contributed by atoms with Crippen molar-refractivity contribution in [3.63, 3.8) is 0 Å². The lowest BCUT2D eigenvalue weighted by Crippen LogP contribution is -2.14. The summed E-state index contributed by atoms with van der Waals surface area (Å²) in [7, 11) is 0. The molecule has 0 saturated carbocycles. The molecule has 0 aromatic heterocycles. The van der Waals surface area contributed by atoms with Crippen LogP contribution < -0.4 is 10.1 Å². The Bertz CT molecular complexity index is 1360. The summed E-state index contributed by atoms with van der Waals surface area (Å²) in [4.78, 5) is 34.0. The van der Waals surface area contributed by atoms with Gasteiger partial charge in [-0.05, 0) is 91.5 Å². The Hall–Kier alpha value is -4.01. The summed E-state index contributed by atoms with van der Waals surface area (Å²) in [5.41, 5.74) is 1.30. The van der Waals surface area contributed by atoms with Crippen molar-refractivity contribution in [1.29, 1.82) is 5.26 Å². The molecule has 11 heteroatoms. The molecule has 0 saturated heterocycles. The van der Waals surface area contributed by atoms with Crippen LogP contribution in [0.15, 0.2) is 75.2 Å². The minimum Gasteiger partial charge on any atom is -0.487 e. The van der Waals surface area contributed by atoms with E-state index < -0.39 is 16.8 Å². The van der Waals surface area contributed by atoms with Crippen LogP contribution in [0.4, 0.5) is 11.4 Å². The number of nitrogens with one attached hydrogen (secondary N) is 1. The Morgan fingerprint density at radius 3 is 2.34 bits per heavy atom. The number of amides is 1. The molecule has 0 bridgehead atoms. The number of anilines is 1. The molecule has 0 heterocycles. The van der Waals surface area contributed by atoms with Gasteiger partial charge in [0.1, 0.15) is 24.0 Å². The molecule has 2 N–H and O–H groups in total. The van der Waals surface area contributed by atoms with E-state index >= 15 is 0 Å². The van der Waals surface area contributed by atoms with Crippen molar-refractivity contribution in [3.8, 4) is 11.8 Å². The monoisotopic (exact) mass is 599 g/mol. The number of nitrogens with zero attached hydrogens (tertiary/aromatic N) is 2. The average molecular weight is 601 g/mol. The topological polar surface area (TPSA) is 143 Å². The maximum absolute atomic E-state index is 12.6. The number of benzene rings is 3. The van der Waals surface area contributed by atoms with Gasteiger partial charge in [0.05, 0.1) is 19.4 Å². The van der Waals surface area contributed by atoms with Crippen molar-refractivity contribution in [2.24, 2.45) is 0 Å². The van der Waals surface area contributed by atoms with E-state index in [0.29, 0.717) is 20.3 Å². The van der Waals surface area contributed by atoms with Gasteiger partial charge in [0.25, 0.3) is 11.6 Å². The Morgan fingerprint density at radius 1 is 1.11 bits per heavy atom. The van der Waals surface area contributed by atoms with Gasteiger partial charge < -0.3 is 15.2 Å². The average Bonchev–Trinajstić information content (AvgIpc) is 2.82. The van der Waals surface area contributed by atoms with Crippen LogP contribution in [0.25, 0.3) is 6.08 Å². The standard InChI is InChI=1S/C24H15Br2N3O6/c25-20-9-15(8-17(12-27)23(30)28-18-3-1-2-16(11-18)24(31)32)10-21(26)22(20)35-13-14-4-6-19(7-5-14)29(33)34/h1-11H,13H2,(H,28,30)(H,31,32)/b17-8-. The van der Waals surface area contributed by atoms with Crippen LogP contribution in [-0.4, -0.2) is 21.9 Å². The lowest BCUT2D eigenvalue weighted by molar-refractivity contribution is -0.384. The van der Waals surface area contributed by atoms with Crippen LogP contribution in [0.3, 0.4) is 0 Å². The van der Waals surface area contributed by atoms with E-state index in [1.54, 1.807) is 24.3 Å². The summed E-state index contributed by atoms with van der Waals surface area (Å²) in [5.74, 6) is -1.36. The molecule has 0 aliphatic heterocycles. The fourth-order valence-corrected chi connectivity index (χ4v) is 4.36. The number of nitro benzene ring substituents is 1. The molecule has 0 radical (unpaired) electrons. The van der Waals surface area contributed by atoms with Gasteiger partial charge in [-0.15, -0.1) is 0 Å². The number of hydrogen-bond donors (Lipinski definition) is 2. The lowest BCUT2D eigenvalue weighted by atomic mass is 10.1. The Balaban J connectivity index is 1.75. The van der Waals surface area contributed by atoms with Crippen LogP contribution in [0, 0.1) is 21.4 Å². The maximum Gasteiger partial charge on any atom is 0.335 e. The molecule has 35 heavy (non-hydrogen) atoms. The third-order valence-electron chi connectivity index (χ3n) is 4.59. The van der Waals surface area contributed by atoms with Crippen molar-refractivity contribution in [2.75, 3.05) is 5.32 Å². The van der Waals surface area contributed by atoms with Gasteiger partial charge in [0, 0.05) is 17.8 Å². The first-order valence-corrected chi connectivity index (χ1v) is 11.4. The second-order valence-electron chi connectivity index (χ2n) is 7.04. The summed E-state index contributed by atoms with van der Waals surface area (Å²) in [6.45, 7) is 0.158. The van der Waals surface area contributed by atoms with Crippen LogP contribution >= 0.6 is 31.9 Å². The van der Waals surface area contributed by atoms with E-state index in [4.69, 9.17) is 9.84 Å². The summed E-state index contributed by atoms with van der Waals surface area (Å²) in [6, 6.07) is 16.8. The van der Waals surface area contributed by atoms with Gasteiger partial charge in [-0.1, -0.05) is 6.07 Å². The molecule has 0 atom stereocenters. The molecule has 3 rings (SSSR count). The van der Waals surface area contributed by atoms with Gasteiger partial charge in [-0.25, -0.2) is 4.79 Å². The first kappa shape index (κ1) is 25.6. The zero-order chi connectivity index (χ0) is 25.5. The smallest absolute Gasteiger partial charge is 0.335 e. The number of nitro groups is 1. The number of hydrogen-bond acceptors (Lipinski definition) is 6. The number of aromatic carboxylic acids is 1. The van der Waals surface area contributed by atoms with Crippen molar-refractivity contribution < 1.29 is 24.4 Å². The molecule has 0 aliphatic carbocycles. The first-order valence-electron chi connectivity index (χ1n) is 9.79. The number of ether oxygens (including phenoxy) is 1. The van der Waals surface area contributed by atoms with Gasteiger partial charge in [-0.3, -0.25) is 14.9 Å². The van der Waals surface area contributed by atoms with Gasteiger partial charge in [0.15, 0.2) is 0 Å². The zero-order valence-corrected chi connectivity index (χ0v) is 20.9. The maximum atomic E-state index is 12.6. The van der Waals surface area contributed by atoms with E-state index in [2.05, 4.69) is 37.2 Å². The number of halogens is 2. The Labute approximate surface area is 216 Å². The van der Waals surface area contributed by atoms with Gasteiger partial charge in [0.2, 0.25) is 0 Å². The van der Waals surface area contributed by atoms with Crippen LogP contribution in [0.2, 0.25) is 0 Å². The molecule has 9 nitrogen and oxygen atoms in total. The largest absolute Gasteiger partial charge is 0.487 e. The van der Waals surface area contributed by atoms with E-state index in [9.17, 15) is 25.0 Å². The van der Waals surface area contributed by atoms with E-state index in [0.717, 1.165) is 5.56 Å². The molecular formula is C24H15Br2N3O6. The third kappa shape index (κ3) is 6.75. The molecule has 1 amide bonds. The fraction of sp³-hybridized carbons (Fsp3) is 0.0417. The SMILES string of the molecule is N#C/C(=C/c1cc(Br)c(OCc2ccc([N+](=O)[O-])cc2)c(Br)c1)C(=O)Nc1cccc(C(=O)O)c1.